The summed E-state index contributed by atoms with van der Waals surface area (Å²) in [6.45, 7) is 0. The van der Waals surface area contributed by atoms with Crippen LogP contribution in [0.15, 0.2) is 29.9 Å². The summed E-state index contributed by atoms with van der Waals surface area (Å²) in [4.78, 5) is 8.52. The Morgan fingerprint density at radius 2 is 2.11 bits per heavy atom. The average Bonchev–Trinajstić information content (AvgIpc) is 3.00. The molecule has 0 atom stereocenters. The van der Waals surface area contributed by atoms with Crippen molar-refractivity contribution in [3.05, 3.63) is 40.0 Å². The van der Waals surface area contributed by atoms with Gasteiger partial charge in [-0.05, 0) is 18.2 Å². The lowest BCUT2D eigenvalue weighted by molar-refractivity contribution is 1.09. The van der Waals surface area contributed by atoms with E-state index in [-0.39, 0.29) is 0 Å². The van der Waals surface area contributed by atoms with Gasteiger partial charge in [0.25, 0.3) is 0 Å². The van der Waals surface area contributed by atoms with Gasteiger partial charge in [0.05, 0.1) is 10.7 Å². The fourth-order valence-electron chi connectivity index (χ4n) is 1.51. The van der Waals surface area contributed by atoms with Crippen molar-refractivity contribution in [2.45, 2.75) is 0 Å². The van der Waals surface area contributed by atoms with Gasteiger partial charge in [-0.2, -0.15) is 5.10 Å². The fourth-order valence-corrected chi connectivity index (χ4v) is 2.66. The SMILES string of the molecule is Clc1ccc(Cl)c(-c2csc(-c3ncn[nH]3)n2)c1. The zero-order chi connectivity index (χ0) is 12.5. The van der Waals surface area contributed by atoms with Gasteiger partial charge in [0.2, 0.25) is 0 Å². The molecule has 0 spiro atoms. The van der Waals surface area contributed by atoms with Crippen LogP contribution in [0.3, 0.4) is 0 Å². The van der Waals surface area contributed by atoms with Crippen LogP contribution in [0.2, 0.25) is 10.0 Å². The van der Waals surface area contributed by atoms with E-state index in [0.717, 1.165) is 16.3 Å². The van der Waals surface area contributed by atoms with Crippen LogP contribution in [0.5, 0.6) is 0 Å². The maximum atomic E-state index is 6.14. The van der Waals surface area contributed by atoms with Crippen molar-refractivity contribution >= 4 is 34.5 Å². The predicted molar refractivity (Wildman–Crippen MR) is 72.9 cm³/mol. The molecule has 0 aliphatic carbocycles. The molecule has 2 heterocycles. The quantitative estimate of drug-likeness (QED) is 0.780. The van der Waals surface area contributed by atoms with Gasteiger partial charge >= 0.3 is 0 Å². The Bertz CT molecular complexity index is 678. The minimum Gasteiger partial charge on any atom is -0.257 e. The van der Waals surface area contributed by atoms with E-state index in [1.165, 1.54) is 17.7 Å². The molecule has 7 heteroatoms. The van der Waals surface area contributed by atoms with E-state index in [1.807, 2.05) is 5.38 Å². The van der Waals surface area contributed by atoms with E-state index in [4.69, 9.17) is 23.2 Å². The minimum atomic E-state index is 0.619. The summed E-state index contributed by atoms with van der Waals surface area (Å²) in [5.41, 5.74) is 1.59. The number of hydrogen-bond acceptors (Lipinski definition) is 4. The zero-order valence-corrected chi connectivity index (χ0v) is 11.2. The van der Waals surface area contributed by atoms with Gasteiger partial charge in [0.15, 0.2) is 10.8 Å². The third kappa shape index (κ3) is 2.12. The molecule has 0 aliphatic rings. The van der Waals surface area contributed by atoms with Crippen LogP contribution in [0.4, 0.5) is 0 Å². The number of rotatable bonds is 2. The molecule has 0 saturated carbocycles. The number of aromatic nitrogens is 4. The summed E-state index contributed by atoms with van der Waals surface area (Å²) in [5, 5.41) is 10.5. The third-order valence-corrected chi connectivity index (χ3v) is 3.74. The largest absolute Gasteiger partial charge is 0.257 e. The Labute approximate surface area is 117 Å². The summed E-state index contributed by atoms with van der Waals surface area (Å²) in [6, 6.07) is 5.30. The summed E-state index contributed by atoms with van der Waals surface area (Å²) >= 11 is 13.6. The number of H-pyrrole nitrogens is 1. The number of nitrogens with one attached hydrogen (secondary N) is 1. The van der Waals surface area contributed by atoms with Crippen LogP contribution in [0.25, 0.3) is 22.1 Å². The number of benzene rings is 1. The Morgan fingerprint density at radius 3 is 2.89 bits per heavy atom. The fraction of sp³-hybridized carbons (Fsp3) is 0. The lowest BCUT2D eigenvalue weighted by atomic mass is 10.2. The van der Waals surface area contributed by atoms with Gasteiger partial charge in [-0.1, -0.05) is 23.2 Å². The first-order chi connectivity index (χ1) is 8.74. The van der Waals surface area contributed by atoms with Crippen molar-refractivity contribution in [2.75, 3.05) is 0 Å². The molecular formula is C11H6Cl2N4S. The third-order valence-electron chi connectivity index (χ3n) is 2.33. The highest BCUT2D eigenvalue weighted by Crippen LogP contribution is 2.33. The molecule has 18 heavy (non-hydrogen) atoms. The maximum absolute atomic E-state index is 6.14. The van der Waals surface area contributed by atoms with E-state index in [9.17, 15) is 0 Å². The molecule has 4 nitrogen and oxygen atoms in total. The van der Waals surface area contributed by atoms with Crippen molar-refractivity contribution in [3.8, 4) is 22.1 Å². The molecule has 0 radical (unpaired) electrons. The van der Waals surface area contributed by atoms with E-state index in [1.54, 1.807) is 18.2 Å². The Balaban J connectivity index is 2.05. The molecule has 0 saturated heterocycles. The zero-order valence-electron chi connectivity index (χ0n) is 8.89. The van der Waals surface area contributed by atoms with Crippen LogP contribution in [0, 0.1) is 0 Å². The molecule has 2 aromatic heterocycles. The van der Waals surface area contributed by atoms with Gasteiger partial charge in [0, 0.05) is 16.0 Å². The molecule has 0 unspecified atom stereocenters. The van der Waals surface area contributed by atoms with Crippen LogP contribution in [-0.2, 0) is 0 Å². The van der Waals surface area contributed by atoms with Crippen LogP contribution in [-0.4, -0.2) is 20.2 Å². The van der Waals surface area contributed by atoms with E-state index in [0.29, 0.717) is 15.9 Å². The summed E-state index contributed by atoms with van der Waals surface area (Å²) < 4.78 is 0. The number of nitrogens with zero attached hydrogens (tertiary/aromatic N) is 3. The molecule has 1 aromatic carbocycles. The molecule has 1 N–H and O–H groups in total. The number of halogens is 2. The van der Waals surface area contributed by atoms with Gasteiger partial charge in [-0.25, -0.2) is 9.97 Å². The Kier molecular flexibility index (Phi) is 3.03. The molecule has 0 aliphatic heterocycles. The topological polar surface area (TPSA) is 54.5 Å². The second kappa shape index (κ2) is 4.68. The van der Waals surface area contributed by atoms with Gasteiger partial charge in [-0.3, -0.25) is 5.10 Å². The van der Waals surface area contributed by atoms with Gasteiger partial charge in [0.1, 0.15) is 6.33 Å². The van der Waals surface area contributed by atoms with Crippen molar-refractivity contribution in [2.24, 2.45) is 0 Å². The molecule has 0 fully saturated rings. The van der Waals surface area contributed by atoms with Crippen LogP contribution in [0.1, 0.15) is 0 Å². The lowest BCUT2D eigenvalue weighted by Crippen LogP contribution is -1.82. The highest BCUT2D eigenvalue weighted by molar-refractivity contribution is 7.13. The Hall–Kier alpha value is -1.43. The normalized spacial score (nSPS) is 10.8. The maximum Gasteiger partial charge on any atom is 0.184 e. The average molecular weight is 297 g/mol. The predicted octanol–water partition coefficient (Wildman–Crippen LogP) is 3.90. The van der Waals surface area contributed by atoms with E-state index < -0.39 is 0 Å². The van der Waals surface area contributed by atoms with Crippen LogP contribution < -0.4 is 0 Å². The van der Waals surface area contributed by atoms with Crippen LogP contribution >= 0.6 is 34.5 Å². The second-order valence-electron chi connectivity index (χ2n) is 3.50. The molecule has 90 valence electrons. The summed E-state index contributed by atoms with van der Waals surface area (Å²) in [6.07, 6.45) is 1.45. The Morgan fingerprint density at radius 1 is 1.22 bits per heavy atom. The highest BCUT2D eigenvalue weighted by Gasteiger charge is 2.11. The molecule has 3 aromatic rings. The first-order valence-corrected chi connectivity index (χ1v) is 6.64. The standard InChI is InChI=1S/C11H6Cl2N4S/c12-6-1-2-8(13)7(3-6)9-4-18-11(16-9)10-14-5-15-17-10/h1-5H,(H,14,15,17). The highest BCUT2D eigenvalue weighted by atomic mass is 35.5. The molecular weight excluding hydrogens is 291 g/mol. The summed E-state index contributed by atoms with van der Waals surface area (Å²) in [5.74, 6) is 0.643. The van der Waals surface area contributed by atoms with Crippen molar-refractivity contribution < 1.29 is 0 Å². The first kappa shape index (κ1) is 11.6. The van der Waals surface area contributed by atoms with Crippen molar-refractivity contribution in [3.63, 3.8) is 0 Å². The van der Waals surface area contributed by atoms with Gasteiger partial charge < -0.3 is 0 Å². The second-order valence-corrected chi connectivity index (χ2v) is 5.20. The smallest absolute Gasteiger partial charge is 0.184 e. The van der Waals surface area contributed by atoms with E-state index in [2.05, 4.69) is 20.2 Å². The lowest BCUT2D eigenvalue weighted by Gasteiger charge is -2.00. The molecule has 3 rings (SSSR count). The monoisotopic (exact) mass is 296 g/mol. The number of thiazole rings is 1. The van der Waals surface area contributed by atoms with Crippen molar-refractivity contribution in [1.82, 2.24) is 20.2 Å². The molecule has 0 bridgehead atoms. The van der Waals surface area contributed by atoms with E-state index >= 15 is 0 Å². The number of hydrogen-bond donors (Lipinski definition) is 1. The first-order valence-electron chi connectivity index (χ1n) is 5.01. The van der Waals surface area contributed by atoms with Gasteiger partial charge in [-0.15, -0.1) is 11.3 Å². The van der Waals surface area contributed by atoms with Crippen molar-refractivity contribution in [1.29, 1.82) is 0 Å². The number of aromatic amines is 1. The minimum absolute atomic E-state index is 0.619. The molecule has 0 amide bonds. The summed E-state index contributed by atoms with van der Waals surface area (Å²) in [7, 11) is 0.